The third-order valence-corrected chi connectivity index (χ3v) is 2.29. The molecule has 0 aliphatic heterocycles. The Balaban J connectivity index is 2.50. The molecule has 1 N–H and O–H groups in total. The van der Waals surface area contributed by atoms with Crippen LogP contribution in [0.15, 0.2) is 36.4 Å². The van der Waals surface area contributed by atoms with Gasteiger partial charge in [-0.25, -0.2) is 0 Å². The predicted molar refractivity (Wildman–Crippen MR) is 59.3 cm³/mol. The summed E-state index contributed by atoms with van der Waals surface area (Å²) in [5.74, 6) is 0.324. The van der Waals surface area contributed by atoms with Crippen molar-refractivity contribution in [3.8, 4) is 5.75 Å². The molecule has 71 valence electrons. The van der Waals surface area contributed by atoms with E-state index >= 15 is 0 Å². The van der Waals surface area contributed by atoms with Crippen molar-refractivity contribution < 1.29 is 5.11 Å². The third-order valence-electron chi connectivity index (χ3n) is 2.29. The van der Waals surface area contributed by atoms with Crippen LogP contribution >= 0.6 is 0 Å². The molecule has 0 saturated heterocycles. The van der Waals surface area contributed by atoms with Gasteiger partial charge in [0.1, 0.15) is 5.75 Å². The molecule has 0 aliphatic rings. The Morgan fingerprint density at radius 1 is 1.07 bits per heavy atom. The number of hydrogen-bond donors (Lipinski definition) is 1. The lowest BCUT2D eigenvalue weighted by Gasteiger charge is -2.02. The van der Waals surface area contributed by atoms with Gasteiger partial charge in [-0.05, 0) is 41.3 Å². The summed E-state index contributed by atoms with van der Waals surface area (Å²) < 4.78 is 0. The first kappa shape index (κ1) is 9.07. The monoisotopic (exact) mass is 185 g/mol. The second-order valence-corrected chi connectivity index (χ2v) is 3.40. The van der Waals surface area contributed by atoms with Crippen molar-refractivity contribution in [2.24, 2.45) is 0 Å². The molecule has 2 aromatic rings. The zero-order chi connectivity index (χ0) is 9.97. The fourth-order valence-corrected chi connectivity index (χ4v) is 1.61. The minimum absolute atomic E-state index is 0.324. The summed E-state index contributed by atoms with van der Waals surface area (Å²) in [5, 5.41) is 11.5. The average Bonchev–Trinajstić information content (AvgIpc) is 2.19. The zero-order valence-corrected chi connectivity index (χ0v) is 8.20. The highest BCUT2D eigenvalue weighted by molar-refractivity contribution is 5.84. The van der Waals surface area contributed by atoms with Crippen molar-refractivity contribution in [2.75, 3.05) is 0 Å². The lowest BCUT2D eigenvalue weighted by Crippen LogP contribution is -1.80. The lowest BCUT2D eigenvalue weighted by molar-refractivity contribution is 0.476. The van der Waals surface area contributed by atoms with Gasteiger partial charge < -0.3 is 5.11 Å². The predicted octanol–water partition coefficient (Wildman–Crippen LogP) is 3.51. The van der Waals surface area contributed by atoms with Gasteiger partial charge in [0.05, 0.1) is 0 Å². The summed E-state index contributed by atoms with van der Waals surface area (Å²) in [7, 11) is 0. The maximum Gasteiger partial charge on any atom is 0.116 e. The Kier molecular flexibility index (Phi) is 2.40. The molecule has 0 unspecified atom stereocenters. The van der Waals surface area contributed by atoms with Crippen LogP contribution in [0.1, 0.15) is 18.9 Å². The second kappa shape index (κ2) is 3.70. The van der Waals surface area contributed by atoms with Crippen LogP contribution < -0.4 is 0 Å². The summed E-state index contributed by atoms with van der Waals surface area (Å²) in [6.45, 7) is 2.13. The summed E-state index contributed by atoms with van der Waals surface area (Å²) in [5.41, 5.74) is 1.24. The van der Waals surface area contributed by atoms with E-state index in [2.05, 4.69) is 25.5 Å². The fourth-order valence-electron chi connectivity index (χ4n) is 1.61. The first-order valence-corrected chi connectivity index (χ1v) is 4.85. The molecule has 0 aromatic heterocycles. The highest BCUT2D eigenvalue weighted by Crippen LogP contribution is 2.21. The Morgan fingerprint density at radius 3 is 2.57 bits per heavy atom. The number of fused-ring (bicyclic) bond motifs is 1. The van der Waals surface area contributed by atoms with Gasteiger partial charge in [-0.3, -0.25) is 0 Å². The van der Waals surface area contributed by atoms with Crippen LogP contribution in [-0.4, -0.2) is 5.11 Å². The number of hydrogen-bond acceptors (Lipinski definition) is 1. The number of phenols is 1. The van der Waals surface area contributed by atoms with E-state index in [1.807, 2.05) is 12.1 Å². The summed E-state index contributed by atoms with van der Waals surface area (Å²) in [4.78, 5) is 0. The molecule has 0 heterocycles. The Morgan fingerprint density at radius 2 is 1.79 bits per heavy atom. The Hall–Kier alpha value is -1.50. The summed E-state index contributed by atoms with van der Waals surface area (Å²) in [6.07, 6.45) is 3.23. The molecule has 2 aromatic carbocycles. The normalized spacial score (nSPS) is 10.6. The SMILES string of the molecule is CC[CH]c1ccc2cc(O)ccc2c1. The van der Waals surface area contributed by atoms with E-state index in [1.165, 1.54) is 10.9 Å². The van der Waals surface area contributed by atoms with E-state index in [9.17, 15) is 5.11 Å². The quantitative estimate of drug-likeness (QED) is 0.759. The minimum Gasteiger partial charge on any atom is -0.508 e. The van der Waals surface area contributed by atoms with Gasteiger partial charge in [-0.2, -0.15) is 0 Å². The van der Waals surface area contributed by atoms with Crippen LogP contribution in [0.5, 0.6) is 5.75 Å². The van der Waals surface area contributed by atoms with Crippen LogP contribution in [0.2, 0.25) is 0 Å². The highest BCUT2D eigenvalue weighted by atomic mass is 16.3. The van der Waals surface area contributed by atoms with Crippen molar-refractivity contribution in [2.45, 2.75) is 13.3 Å². The largest absolute Gasteiger partial charge is 0.508 e. The molecule has 14 heavy (non-hydrogen) atoms. The van der Waals surface area contributed by atoms with Crippen LogP contribution in [0, 0.1) is 6.42 Å². The molecule has 1 radical (unpaired) electrons. The second-order valence-electron chi connectivity index (χ2n) is 3.40. The molecule has 0 aliphatic carbocycles. The molecule has 2 rings (SSSR count). The van der Waals surface area contributed by atoms with Crippen molar-refractivity contribution in [1.82, 2.24) is 0 Å². The van der Waals surface area contributed by atoms with E-state index in [4.69, 9.17) is 0 Å². The van der Waals surface area contributed by atoms with E-state index in [1.54, 1.807) is 12.1 Å². The van der Waals surface area contributed by atoms with E-state index in [-0.39, 0.29) is 0 Å². The van der Waals surface area contributed by atoms with Gasteiger partial charge in [-0.15, -0.1) is 0 Å². The van der Waals surface area contributed by atoms with E-state index in [0.717, 1.165) is 11.8 Å². The van der Waals surface area contributed by atoms with Crippen LogP contribution in [-0.2, 0) is 0 Å². The van der Waals surface area contributed by atoms with E-state index < -0.39 is 0 Å². The van der Waals surface area contributed by atoms with Gasteiger partial charge in [-0.1, -0.05) is 31.2 Å². The molecule has 0 amide bonds. The molecule has 0 bridgehead atoms. The number of rotatable bonds is 2. The van der Waals surface area contributed by atoms with Gasteiger partial charge >= 0.3 is 0 Å². The summed E-state index contributed by atoms with van der Waals surface area (Å²) >= 11 is 0. The molecule has 1 nitrogen and oxygen atoms in total. The van der Waals surface area contributed by atoms with Crippen LogP contribution in [0.4, 0.5) is 0 Å². The average molecular weight is 185 g/mol. The molecular formula is C13H13O. The maximum absolute atomic E-state index is 9.30. The molecular weight excluding hydrogens is 172 g/mol. The van der Waals surface area contributed by atoms with E-state index in [0.29, 0.717) is 5.75 Å². The number of benzene rings is 2. The van der Waals surface area contributed by atoms with Crippen molar-refractivity contribution in [1.29, 1.82) is 0 Å². The van der Waals surface area contributed by atoms with Crippen LogP contribution in [0.25, 0.3) is 10.8 Å². The topological polar surface area (TPSA) is 20.2 Å². The molecule has 0 spiro atoms. The standard InChI is InChI=1S/C13H13O/c1-2-3-10-4-5-12-9-13(14)7-6-11(12)8-10/h3-9,14H,2H2,1H3. The van der Waals surface area contributed by atoms with Gasteiger partial charge in [0.15, 0.2) is 0 Å². The van der Waals surface area contributed by atoms with Gasteiger partial charge in [0.2, 0.25) is 0 Å². The lowest BCUT2D eigenvalue weighted by atomic mass is 10.0. The number of phenolic OH excluding ortho intramolecular Hbond substituents is 1. The van der Waals surface area contributed by atoms with Gasteiger partial charge in [0.25, 0.3) is 0 Å². The molecule has 0 atom stereocenters. The Bertz CT molecular complexity index is 446. The maximum atomic E-state index is 9.30. The van der Waals surface area contributed by atoms with Crippen LogP contribution in [0.3, 0.4) is 0 Å². The highest BCUT2D eigenvalue weighted by Gasteiger charge is 1.97. The molecule has 1 heteroatoms. The van der Waals surface area contributed by atoms with Crippen molar-refractivity contribution in [3.63, 3.8) is 0 Å². The third kappa shape index (κ3) is 1.72. The Labute approximate surface area is 84.0 Å². The zero-order valence-electron chi connectivity index (χ0n) is 8.20. The molecule has 0 fully saturated rings. The smallest absolute Gasteiger partial charge is 0.116 e. The summed E-state index contributed by atoms with van der Waals surface area (Å²) in [6, 6.07) is 11.7. The van der Waals surface area contributed by atoms with Crippen molar-refractivity contribution in [3.05, 3.63) is 48.4 Å². The molecule has 0 saturated carbocycles. The minimum atomic E-state index is 0.324. The van der Waals surface area contributed by atoms with Gasteiger partial charge in [0, 0.05) is 0 Å². The first-order valence-electron chi connectivity index (χ1n) is 4.85. The number of aromatic hydroxyl groups is 1. The fraction of sp³-hybridized carbons (Fsp3) is 0.154. The first-order chi connectivity index (χ1) is 6.79. The van der Waals surface area contributed by atoms with Crippen molar-refractivity contribution >= 4 is 10.8 Å².